The van der Waals surface area contributed by atoms with Crippen LogP contribution in [0.2, 0.25) is 0 Å². The zero-order valence-electron chi connectivity index (χ0n) is 13.2. The van der Waals surface area contributed by atoms with Crippen LogP contribution in [-0.2, 0) is 9.53 Å². The number of hydrogen-bond acceptors (Lipinski definition) is 3. The van der Waals surface area contributed by atoms with E-state index >= 15 is 0 Å². The fourth-order valence-electron chi connectivity index (χ4n) is 2.35. The lowest BCUT2D eigenvalue weighted by atomic mass is 9.99. The molecule has 5 heteroatoms. The minimum absolute atomic E-state index is 0.0214. The Labute approximate surface area is 126 Å². The van der Waals surface area contributed by atoms with Gasteiger partial charge in [0.05, 0.1) is 19.6 Å². The molecular formula is C16H28N2O3+2. The molecule has 0 amide bonds. The third-order valence-electron chi connectivity index (χ3n) is 3.74. The molecule has 0 saturated heterocycles. The summed E-state index contributed by atoms with van der Waals surface area (Å²) in [6.07, 6.45) is 0.299. The normalized spacial score (nSPS) is 16.8. The van der Waals surface area contributed by atoms with Crippen molar-refractivity contribution in [2.45, 2.75) is 50.9 Å². The van der Waals surface area contributed by atoms with Crippen molar-refractivity contribution in [2.24, 2.45) is 0 Å². The molecule has 0 unspecified atom stereocenters. The average Bonchev–Trinajstić information content (AvgIpc) is 2.47. The van der Waals surface area contributed by atoms with Crippen LogP contribution in [0.25, 0.3) is 0 Å². The van der Waals surface area contributed by atoms with Crippen molar-refractivity contribution < 1.29 is 25.7 Å². The predicted octanol–water partition coefficient (Wildman–Crippen LogP) is -0.376. The van der Waals surface area contributed by atoms with Crippen LogP contribution in [0.1, 0.15) is 38.3 Å². The summed E-state index contributed by atoms with van der Waals surface area (Å²) >= 11 is 0. The number of quaternary nitrogens is 2. The van der Waals surface area contributed by atoms with E-state index in [4.69, 9.17) is 4.74 Å². The van der Waals surface area contributed by atoms with Crippen molar-refractivity contribution in [3.8, 4) is 0 Å². The molecule has 5 nitrogen and oxygen atoms in total. The molecule has 0 spiro atoms. The number of hydrogen-bond donors (Lipinski definition) is 3. The lowest BCUT2D eigenvalue weighted by molar-refractivity contribution is -0.726. The van der Waals surface area contributed by atoms with E-state index in [1.807, 2.05) is 25.1 Å². The second kappa shape index (κ2) is 8.77. The quantitative estimate of drug-likeness (QED) is 0.571. The molecule has 118 valence electrons. The van der Waals surface area contributed by atoms with Gasteiger partial charge < -0.3 is 20.9 Å². The van der Waals surface area contributed by atoms with Crippen molar-refractivity contribution in [3.05, 3.63) is 35.9 Å². The molecule has 0 aliphatic heterocycles. The van der Waals surface area contributed by atoms with Crippen LogP contribution < -0.4 is 11.1 Å². The summed E-state index contributed by atoms with van der Waals surface area (Å²) in [5.41, 5.74) is 5.05. The van der Waals surface area contributed by atoms with Crippen molar-refractivity contribution >= 4 is 5.97 Å². The number of aliphatic hydroxyl groups excluding tert-OH is 1. The van der Waals surface area contributed by atoms with Crippen LogP contribution in [0.3, 0.4) is 0 Å². The summed E-state index contributed by atoms with van der Waals surface area (Å²) in [4.78, 5) is 11.6. The summed E-state index contributed by atoms with van der Waals surface area (Å²) in [5, 5.41) is 12.2. The molecule has 0 bridgehead atoms. The molecule has 6 N–H and O–H groups in total. The number of benzene rings is 1. The van der Waals surface area contributed by atoms with Crippen molar-refractivity contribution in [1.29, 1.82) is 0 Å². The third kappa shape index (κ3) is 6.25. The van der Waals surface area contributed by atoms with Crippen molar-refractivity contribution in [1.82, 2.24) is 0 Å². The maximum absolute atomic E-state index is 11.6. The zero-order valence-corrected chi connectivity index (χ0v) is 13.2. The van der Waals surface area contributed by atoms with E-state index in [-0.39, 0.29) is 30.5 Å². The Bertz CT molecular complexity index is 423. The summed E-state index contributed by atoms with van der Waals surface area (Å²) in [5.74, 6) is -0.250. The molecule has 0 radical (unpaired) electrons. The van der Waals surface area contributed by atoms with E-state index in [0.717, 1.165) is 0 Å². The van der Waals surface area contributed by atoms with Gasteiger partial charge in [-0.2, -0.15) is 0 Å². The van der Waals surface area contributed by atoms with Crippen LogP contribution in [0.4, 0.5) is 0 Å². The minimum atomic E-state index is -0.515. The standard InChI is InChI=1S/C16H26N2O3/c1-11(17)15(19)9-14(10-16(20)21-3)18-12(2)13-7-5-4-6-8-13/h4-8,11-12,14-15,18-19H,9-10,17H2,1-3H3/p+2/t11-,12-,14-,15-/m1/s1. The molecular weight excluding hydrogens is 268 g/mol. The highest BCUT2D eigenvalue weighted by Gasteiger charge is 2.26. The first-order valence-electron chi connectivity index (χ1n) is 7.42. The minimum Gasteiger partial charge on any atom is -0.469 e. The Morgan fingerprint density at radius 1 is 1.33 bits per heavy atom. The zero-order chi connectivity index (χ0) is 15.8. The number of ether oxygens (including phenoxy) is 1. The fraction of sp³-hybridized carbons (Fsp3) is 0.562. The second-order valence-corrected chi connectivity index (χ2v) is 5.71. The molecule has 1 rings (SSSR count). The molecule has 0 heterocycles. The van der Waals surface area contributed by atoms with Gasteiger partial charge in [-0.1, -0.05) is 30.3 Å². The van der Waals surface area contributed by atoms with Crippen LogP contribution >= 0.6 is 0 Å². The molecule has 0 saturated carbocycles. The van der Waals surface area contributed by atoms with E-state index in [1.165, 1.54) is 12.7 Å². The van der Waals surface area contributed by atoms with Crippen molar-refractivity contribution in [3.63, 3.8) is 0 Å². The molecule has 4 atom stereocenters. The molecule has 0 aliphatic rings. The van der Waals surface area contributed by atoms with Crippen LogP contribution in [0.5, 0.6) is 0 Å². The van der Waals surface area contributed by atoms with E-state index in [9.17, 15) is 9.90 Å². The molecule has 21 heavy (non-hydrogen) atoms. The van der Waals surface area contributed by atoms with E-state index < -0.39 is 6.10 Å². The Kier molecular flexibility index (Phi) is 7.36. The predicted molar refractivity (Wildman–Crippen MR) is 80.2 cm³/mol. The number of aliphatic hydroxyl groups is 1. The van der Waals surface area contributed by atoms with E-state index in [2.05, 4.69) is 30.1 Å². The lowest BCUT2D eigenvalue weighted by Gasteiger charge is -2.22. The highest BCUT2D eigenvalue weighted by atomic mass is 16.5. The van der Waals surface area contributed by atoms with E-state index in [1.54, 1.807) is 0 Å². The van der Waals surface area contributed by atoms with Gasteiger partial charge in [0, 0.05) is 12.0 Å². The Balaban J connectivity index is 2.69. The third-order valence-corrected chi connectivity index (χ3v) is 3.74. The summed E-state index contributed by atoms with van der Waals surface area (Å²) < 4.78 is 4.75. The Morgan fingerprint density at radius 2 is 1.95 bits per heavy atom. The number of rotatable bonds is 8. The molecule has 1 aromatic rings. The Morgan fingerprint density at radius 3 is 2.48 bits per heavy atom. The maximum Gasteiger partial charge on any atom is 0.311 e. The average molecular weight is 296 g/mol. The SMILES string of the molecule is COC(=O)C[C@@H](C[C@@H](O)[C@@H](C)[NH3+])[NH2+][C@H](C)c1ccccc1. The Hall–Kier alpha value is -1.43. The van der Waals surface area contributed by atoms with Gasteiger partial charge >= 0.3 is 5.97 Å². The lowest BCUT2D eigenvalue weighted by Crippen LogP contribution is -2.91. The highest BCUT2D eigenvalue weighted by Crippen LogP contribution is 2.09. The first-order chi connectivity index (χ1) is 9.93. The van der Waals surface area contributed by atoms with Gasteiger partial charge in [-0.05, 0) is 13.8 Å². The van der Waals surface area contributed by atoms with Gasteiger partial charge in [0.1, 0.15) is 18.2 Å². The first-order valence-corrected chi connectivity index (χ1v) is 7.42. The van der Waals surface area contributed by atoms with Gasteiger partial charge in [-0.15, -0.1) is 0 Å². The van der Waals surface area contributed by atoms with Crippen LogP contribution in [0, 0.1) is 0 Å². The van der Waals surface area contributed by atoms with Crippen molar-refractivity contribution in [2.75, 3.05) is 7.11 Å². The van der Waals surface area contributed by atoms with Gasteiger partial charge in [0.25, 0.3) is 0 Å². The van der Waals surface area contributed by atoms with Crippen LogP contribution in [0.15, 0.2) is 30.3 Å². The smallest absolute Gasteiger partial charge is 0.311 e. The molecule has 0 aromatic heterocycles. The number of methoxy groups -OCH3 is 1. The number of nitrogens with two attached hydrogens (primary N) is 1. The molecule has 0 fully saturated rings. The molecule has 0 aliphatic carbocycles. The number of carbonyl (C=O) groups is 1. The fourth-order valence-corrected chi connectivity index (χ4v) is 2.35. The monoisotopic (exact) mass is 296 g/mol. The second-order valence-electron chi connectivity index (χ2n) is 5.71. The van der Waals surface area contributed by atoms with Crippen LogP contribution in [-0.4, -0.2) is 36.4 Å². The molecule has 1 aromatic carbocycles. The summed E-state index contributed by atoms with van der Waals surface area (Å²) in [6, 6.07) is 10.2. The topological polar surface area (TPSA) is 90.8 Å². The largest absolute Gasteiger partial charge is 0.469 e. The summed E-state index contributed by atoms with van der Waals surface area (Å²) in [7, 11) is 1.39. The number of esters is 1. The maximum atomic E-state index is 11.6. The van der Waals surface area contributed by atoms with Gasteiger partial charge in [-0.3, -0.25) is 4.79 Å². The van der Waals surface area contributed by atoms with Gasteiger partial charge in [0.2, 0.25) is 0 Å². The first kappa shape index (κ1) is 17.6. The van der Waals surface area contributed by atoms with Gasteiger partial charge in [0.15, 0.2) is 0 Å². The summed E-state index contributed by atoms with van der Waals surface area (Å²) in [6.45, 7) is 3.97. The highest BCUT2D eigenvalue weighted by molar-refractivity contribution is 5.69. The van der Waals surface area contributed by atoms with E-state index in [0.29, 0.717) is 6.42 Å². The van der Waals surface area contributed by atoms with Gasteiger partial charge in [-0.25, -0.2) is 0 Å². The number of carbonyl (C=O) groups excluding carboxylic acids is 1.